The number of carbonyl (C=O) groups is 2. The van der Waals surface area contributed by atoms with E-state index in [2.05, 4.69) is 10.6 Å². The summed E-state index contributed by atoms with van der Waals surface area (Å²) >= 11 is 1.56. The van der Waals surface area contributed by atoms with E-state index in [9.17, 15) is 9.59 Å². The molecule has 1 unspecified atom stereocenters. The molecule has 0 aliphatic rings. The molecule has 0 fully saturated rings. The third-order valence-electron chi connectivity index (χ3n) is 2.39. The van der Waals surface area contributed by atoms with Gasteiger partial charge in [0.2, 0.25) is 0 Å². The zero-order valence-corrected chi connectivity index (χ0v) is 11.4. The van der Waals surface area contributed by atoms with Crippen LogP contribution in [0.2, 0.25) is 0 Å². The maximum absolute atomic E-state index is 11.5. The van der Waals surface area contributed by atoms with Gasteiger partial charge in [-0.1, -0.05) is 6.92 Å². The Balaban J connectivity index is 2.39. The first-order chi connectivity index (χ1) is 8.69. The highest BCUT2D eigenvalue weighted by Gasteiger charge is 2.16. The Morgan fingerprint density at radius 3 is 2.67 bits per heavy atom. The predicted molar refractivity (Wildman–Crippen MR) is 70.4 cm³/mol. The van der Waals surface area contributed by atoms with Crippen LogP contribution < -0.4 is 10.6 Å². The van der Waals surface area contributed by atoms with Gasteiger partial charge in [0.15, 0.2) is 0 Å². The lowest BCUT2D eigenvalue weighted by atomic mass is 10.2. The molecule has 1 atom stereocenters. The number of nitrogens with one attached hydrogen (secondary N) is 2. The van der Waals surface area contributed by atoms with Gasteiger partial charge in [0.05, 0.1) is 0 Å². The van der Waals surface area contributed by atoms with Crippen molar-refractivity contribution in [3.05, 3.63) is 22.4 Å². The number of carbonyl (C=O) groups excluding carboxylic acids is 2. The molecule has 0 saturated heterocycles. The summed E-state index contributed by atoms with van der Waals surface area (Å²) in [5, 5.41) is 8.98. The standard InChI is InChI=1S/C12H18N2O3S/c1-3-5-13-11(15)12(16)14-7-10(17-2)9-4-6-18-8-9/h4,6,8,10H,3,5,7H2,1-2H3,(H,13,15)(H,14,16). The first-order valence-corrected chi connectivity index (χ1v) is 6.74. The zero-order valence-electron chi connectivity index (χ0n) is 10.6. The van der Waals surface area contributed by atoms with Gasteiger partial charge in [-0.05, 0) is 28.8 Å². The van der Waals surface area contributed by atoms with Crippen LogP contribution in [0.3, 0.4) is 0 Å². The van der Waals surface area contributed by atoms with Gasteiger partial charge < -0.3 is 15.4 Å². The molecular weight excluding hydrogens is 252 g/mol. The van der Waals surface area contributed by atoms with Crippen LogP contribution in [0.4, 0.5) is 0 Å². The maximum Gasteiger partial charge on any atom is 0.309 e. The molecule has 0 bridgehead atoms. The van der Waals surface area contributed by atoms with Gasteiger partial charge in [-0.15, -0.1) is 0 Å². The molecule has 0 saturated carbocycles. The van der Waals surface area contributed by atoms with Crippen LogP contribution in [0, 0.1) is 0 Å². The lowest BCUT2D eigenvalue weighted by Crippen LogP contribution is -2.41. The van der Waals surface area contributed by atoms with Gasteiger partial charge in [0.25, 0.3) is 0 Å². The van der Waals surface area contributed by atoms with Crippen molar-refractivity contribution in [1.29, 1.82) is 0 Å². The summed E-state index contributed by atoms with van der Waals surface area (Å²) in [5.41, 5.74) is 0.997. The summed E-state index contributed by atoms with van der Waals surface area (Å²) in [7, 11) is 1.58. The summed E-state index contributed by atoms with van der Waals surface area (Å²) in [5.74, 6) is -1.22. The van der Waals surface area contributed by atoms with Crippen molar-refractivity contribution in [2.45, 2.75) is 19.4 Å². The fourth-order valence-electron chi connectivity index (χ4n) is 1.38. The molecule has 2 N–H and O–H groups in total. The van der Waals surface area contributed by atoms with E-state index in [0.29, 0.717) is 6.54 Å². The van der Waals surface area contributed by atoms with Crippen molar-refractivity contribution in [2.24, 2.45) is 0 Å². The van der Waals surface area contributed by atoms with Gasteiger partial charge in [-0.3, -0.25) is 9.59 Å². The summed E-state index contributed by atoms with van der Waals surface area (Å²) in [6, 6.07) is 1.93. The van der Waals surface area contributed by atoms with E-state index in [0.717, 1.165) is 12.0 Å². The first kappa shape index (κ1) is 14.7. The van der Waals surface area contributed by atoms with Crippen LogP contribution in [0.1, 0.15) is 25.0 Å². The molecular formula is C12H18N2O3S. The average molecular weight is 270 g/mol. The molecule has 0 radical (unpaired) electrons. The van der Waals surface area contributed by atoms with E-state index in [1.165, 1.54) is 0 Å². The highest BCUT2D eigenvalue weighted by atomic mass is 32.1. The van der Waals surface area contributed by atoms with Gasteiger partial charge in [0.1, 0.15) is 6.10 Å². The van der Waals surface area contributed by atoms with Crippen molar-refractivity contribution in [3.8, 4) is 0 Å². The molecule has 5 nitrogen and oxygen atoms in total. The van der Waals surface area contributed by atoms with Crippen molar-refractivity contribution in [3.63, 3.8) is 0 Å². The van der Waals surface area contributed by atoms with Crippen molar-refractivity contribution in [1.82, 2.24) is 10.6 Å². The van der Waals surface area contributed by atoms with Crippen LogP contribution in [0.25, 0.3) is 0 Å². The normalized spacial score (nSPS) is 11.9. The van der Waals surface area contributed by atoms with Gasteiger partial charge in [-0.2, -0.15) is 11.3 Å². The number of rotatable bonds is 6. The lowest BCUT2D eigenvalue weighted by molar-refractivity contribution is -0.139. The number of amides is 2. The van der Waals surface area contributed by atoms with Crippen LogP contribution in [0.15, 0.2) is 16.8 Å². The summed E-state index contributed by atoms with van der Waals surface area (Å²) < 4.78 is 5.27. The summed E-state index contributed by atoms with van der Waals surface area (Å²) in [4.78, 5) is 22.8. The maximum atomic E-state index is 11.5. The van der Waals surface area contributed by atoms with Crippen LogP contribution in [0.5, 0.6) is 0 Å². The molecule has 1 aromatic heterocycles. The van der Waals surface area contributed by atoms with Crippen LogP contribution in [-0.4, -0.2) is 32.0 Å². The smallest absolute Gasteiger partial charge is 0.309 e. The predicted octanol–water partition coefficient (Wildman–Crippen LogP) is 1.08. The molecule has 2 amide bonds. The number of hydrogen-bond acceptors (Lipinski definition) is 4. The van der Waals surface area contributed by atoms with Gasteiger partial charge in [0, 0.05) is 20.2 Å². The molecule has 0 aliphatic heterocycles. The molecule has 1 aromatic rings. The number of hydrogen-bond donors (Lipinski definition) is 2. The third kappa shape index (κ3) is 4.46. The molecule has 0 aliphatic carbocycles. The van der Waals surface area contributed by atoms with Gasteiger partial charge in [-0.25, -0.2) is 0 Å². The minimum absolute atomic E-state index is 0.223. The van der Waals surface area contributed by atoms with Crippen molar-refractivity contribution in [2.75, 3.05) is 20.2 Å². The number of thiophene rings is 1. The topological polar surface area (TPSA) is 67.4 Å². The molecule has 1 heterocycles. The highest BCUT2D eigenvalue weighted by molar-refractivity contribution is 7.07. The first-order valence-electron chi connectivity index (χ1n) is 5.80. The van der Waals surface area contributed by atoms with E-state index in [1.54, 1.807) is 18.4 Å². The Labute approximate surface area is 111 Å². The van der Waals surface area contributed by atoms with E-state index in [4.69, 9.17) is 4.74 Å². The average Bonchev–Trinajstić information content (AvgIpc) is 2.90. The summed E-state index contributed by atoms with van der Waals surface area (Å²) in [6.45, 7) is 2.71. The quantitative estimate of drug-likeness (QED) is 0.760. The fourth-order valence-corrected chi connectivity index (χ4v) is 2.08. The third-order valence-corrected chi connectivity index (χ3v) is 3.09. The second-order valence-electron chi connectivity index (χ2n) is 3.75. The van der Waals surface area contributed by atoms with Crippen LogP contribution in [-0.2, 0) is 14.3 Å². The van der Waals surface area contributed by atoms with Gasteiger partial charge >= 0.3 is 11.8 Å². The number of methoxy groups -OCH3 is 1. The molecule has 6 heteroatoms. The molecule has 0 spiro atoms. The second-order valence-corrected chi connectivity index (χ2v) is 4.53. The van der Waals surface area contributed by atoms with E-state index in [-0.39, 0.29) is 12.6 Å². The Morgan fingerprint density at radius 1 is 1.39 bits per heavy atom. The molecule has 0 aromatic carbocycles. The van der Waals surface area contributed by atoms with Crippen LogP contribution >= 0.6 is 11.3 Å². The second kappa shape index (κ2) is 7.84. The van der Waals surface area contributed by atoms with E-state index >= 15 is 0 Å². The Hall–Kier alpha value is -1.40. The molecule has 100 valence electrons. The van der Waals surface area contributed by atoms with Crippen molar-refractivity contribution >= 4 is 23.2 Å². The largest absolute Gasteiger partial charge is 0.375 e. The highest BCUT2D eigenvalue weighted by Crippen LogP contribution is 2.18. The minimum Gasteiger partial charge on any atom is -0.375 e. The summed E-state index contributed by atoms with van der Waals surface area (Å²) in [6.07, 6.45) is 0.577. The minimum atomic E-state index is -0.624. The Morgan fingerprint density at radius 2 is 2.11 bits per heavy atom. The SMILES string of the molecule is CCCNC(=O)C(=O)NCC(OC)c1ccsc1. The van der Waals surface area contributed by atoms with E-state index in [1.807, 2.05) is 23.8 Å². The molecule has 18 heavy (non-hydrogen) atoms. The Bertz CT molecular complexity index is 379. The van der Waals surface area contributed by atoms with Crippen molar-refractivity contribution < 1.29 is 14.3 Å². The Kier molecular flexibility index (Phi) is 6.38. The monoisotopic (exact) mass is 270 g/mol. The zero-order chi connectivity index (χ0) is 13.4. The number of ether oxygens (including phenoxy) is 1. The molecule has 1 rings (SSSR count). The fraction of sp³-hybridized carbons (Fsp3) is 0.500. The lowest BCUT2D eigenvalue weighted by Gasteiger charge is -2.14. The van der Waals surface area contributed by atoms with E-state index < -0.39 is 11.8 Å².